The van der Waals surface area contributed by atoms with Crippen LogP contribution in [-0.4, -0.2) is 37.2 Å². The predicted molar refractivity (Wildman–Crippen MR) is 77.5 cm³/mol. The van der Waals surface area contributed by atoms with E-state index >= 15 is 0 Å². The van der Waals surface area contributed by atoms with E-state index < -0.39 is 0 Å². The summed E-state index contributed by atoms with van der Waals surface area (Å²) in [5.41, 5.74) is 8.81. The fourth-order valence-corrected chi connectivity index (χ4v) is 3.18. The zero-order chi connectivity index (χ0) is 13.2. The lowest BCUT2D eigenvalue weighted by atomic mass is 10.0. The molecule has 104 valence electrons. The first-order valence-corrected chi connectivity index (χ1v) is 7.45. The average Bonchev–Trinajstić information content (AvgIpc) is 3.04. The van der Waals surface area contributed by atoms with Gasteiger partial charge < -0.3 is 15.4 Å². The van der Waals surface area contributed by atoms with E-state index in [1.807, 2.05) is 0 Å². The van der Waals surface area contributed by atoms with Crippen LogP contribution in [0.4, 0.5) is 0 Å². The standard InChI is InChI=1S/C16H24N2O/c1-12(17)15-5-8-18(11-15)7-4-13-2-3-16-14(10-13)6-9-19-16/h2-3,10,12,15H,4-9,11,17H2,1H3. The van der Waals surface area contributed by atoms with Gasteiger partial charge in [-0.05, 0) is 49.4 Å². The summed E-state index contributed by atoms with van der Waals surface area (Å²) < 4.78 is 5.55. The number of nitrogens with two attached hydrogens (primary N) is 1. The van der Waals surface area contributed by atoms with Gasteiger partial charge in [0.25, 0.3) is 0 Å². The second kappa shape index (κ2) is 5.51. The summed E-state index contributed by atoms with van der Waals surface area (Å²) in [6.45, 7) is 6.52. The van der Waals surface area contributed by atoms with Gasteiger partial charge in [0.15, 0.2) is 0 Å². The molecule has 2 atom stereocenters. The highest BCUT2D eigenvalue weighted by Crippen LogP contribution is 2.26. The zero-order valence-corrected chi connectivity index (χ0v) is 11.8. The Morgan fingerprint density at radius 3 is 3.16 bits per heavy atom. The number of benzene rings is 1. The van der Waals surface area contributed by atoms with Gasteiger partial charge in [-0.3, -0.25) is 0 Å². The fraction of sp³-hybridized carbons (Fsp3) is 0.625. The second-order valence-corrected chi connectivity index (χ2v) is 6.00. The molecule has 1 aromatic rings. The topological polar surface area (TPSA) is 38.5 Å². The van der Waals surface area contributed by atoms with Crippen LogP contribution in [-0.2, 0) is 12.8 Å². The van der Waals surface area contributed by atoms with Gasteiger partial charge in [0, 0.05) is 25.6 Å². The van der Waals surface area contributed by atoms with Crippen LogP contribution in [0.3, 0.4) is 0 Å². The van der Waals surface area contributed by atoms with E-state index in [1.165, 1.54) is 30.6 Å². The molecule has 2 heterocycles. The minimum absolute atomic E-state index is 0.335. The third-order valence-corrected chi connectivity index (χ3v) is 4.52. The summed E-state index contributed by atoms with van der Waals surface area (Å²) in [7, 11) is 0. The van der Waals surface area contributed by atoms with Gasteiger partial charge in [0.05, 0.1) is 6.61 Å². The molecule has 0 bridgehead atoms. The maximum absolute atomic E-state index is 5.99. The van der Waals surface area contributed by atoms with Gasteiger partial charge in [0.1, 0.15) is 5.75 Å². The Labute approximate surface area is 115 Å². The van der Waals surface area contributed by atoms with E-state index in [9.17, 15) is 0 Å². The molecular formula is C16H24N2O. The number of ether oxygens (including phenoxy) is 1. The molecular weight excluding hydrogens is 236 g/mol. The van der Waals surface area contributed by atoms with Crippen molar-refractivity contribution in [3.63, 3.8) is 0 Å². The number of likely N-dealkylation sites (tertiary alicyclic amines) is 1. The highest BCUT2D eigenvalue weighted by Gasteiger charge is 2.24. The largest absolute Gasteiger partial charge is 0.493 e. The second-order valence-electron chi connectivity index (χ2n) is 6.00. The van der Waals surface area contributed by atoms with Crippen LogP contribution in [0.1, 0.15) is 24.5 Å². The van der Waals surface area contributed by atoms with Gasteiger partial charge in [-0.1, -0.05) is 12.1 Å². The minimum Gasteiger partial charge on any atom is -0.493 e. The maximum atomic E-state index is 5.99. The molecule has 0 spiro atoms. The highest BCUT2D eigenvalue weighted by atomic mass is 16.5. The molecule has 19 heavy (non-hydrogen) atoms. The molecule has 1 saturated heterocycles. The Kier molecular flexibility index (Phi) is 3.76. The van der Waals surface area contributed by atoms with Crippen molar-refractivity contribution in [3.05, 3.63) is 29.3 Å². The third-order valence-electron chi connectivity index (χ3n) is 4.52. The molecule has 2 aliphatic rings. The smallest absolute Gasteiger partial charge is 0.122 e. The molecule has 3 rings (SSSR count). The lowest BCUT2D eigenvalue weighted by Gasteiger charge is -2.17. The Balaban J connectivity index is 1.53. The Bertz CT molecular complexity index is 444. The van der Waals surface area contributed by atoms with Crippen LogP contribution >= 0.6 is 0 Å². The Morgan fingerprint density at radius 1 is 1.47 bits per heavy atom. The van der Waals surface area contributed by atoms with E-state index in [1.54, 1.807) is 0 Å². The van der Waals surface area contributed by atoms with Crippen molar-refractivity contribution < 1.29 is 4.74 Å². The summed E-state index contributed by atoms with van der Waals surface area (Å²) in [6.07, 6.45) is 3.47. The van der Waals surface area contributed by atoms with Gasteiger partial charge >= 0.3 is 0 Å². The lowest BCUT2D eigenvalue weighted by Crippen LogP contribution is -2.30. The maximum Gasteiger partial charge on any atom is 0.122 e. The predicted octanol–water partition coefficient (Wildman–Crippen LogP) is 1.83. The van der Waals surface area contributed by atoms with E-state index in [4.69, 9.17) is 10.5 Å². The molecule has 1 fully saturated rings. The molecule has 0 saturated carbocycles. The van der Waals surface area contributed by atoms with Gasteiger partial charge in [-0.25, -0.2) is 0 Å². The van der Waals surface area contributed by atoms with Crippen molar-refractivity contribution in [3.8, 4) is 5.75 Å². The molecule has 3 heteroatoms. The summed E-state index contributed by atoms with van der Waals surface area (Å²) >= 11 is 0. The van der Waals surface area contributed by atoms with Crippen molar-refractivity contribution in [2.45, 2.75) is 32.2 Å². The van der Waals surface area contributed by atoms with E-state index in [0.29, 0.717) is 12.0 Å². The molecule has 0 amide bonds. The van der Waals surface area contributed by atoms with Crippen molar-refractivity contribution in [2.24, 2.45) is 11.7 Å². The van der Waals surface area contributed by atoms with Crippen LogP contribution in [0.5, 0.6) is 5.75 Å². The molecule has 2 aliphatic heterocycles. The summed E-state index contributed by atoms with van der Waals surface area (Å²) in [5, 5.41) is 0. The van der Waals surface area contributed by atoms with Crippen LogP contribution in [0.25, 0.3) is 0 Å². The first-order valence-electron chi connectivity index (χ1n) is 7.45. The number of hydrogen-bond acceptors (Lipinski definition) is 3. The summed E-state index contributed by atoms with van der Waals surface area (Å²) in [6, 6.07) is 7.00. The first-order chi connectivity index (χ1) is 9.22. The summed E-state index contributed by atoms with van der Waals surface area (Å²) in [4.78, 5) is 2.55. The lowest BCUT2D eigenvalue weighted by molar-refractivity contribution is 0.319. The number of hydrogen-bond donors (Lipinski definition) is 1. The molecule has 0 aliphatic carbocycles. The van der Waals surface area contributed by atoms with Crippen LogP contribution in [0, 0.1) is 5.92 Å². The van der Waals surface area contributed by atoms with Gasteiger partial charge in [-0.15, -0.1) is 0 Å². The number of fused-ring (bicyclic) bond motifs is 1. The SMILES string of the molecule is CC(N)C1CCN(CCc2ccc3c(c2)CCO3)C1. The van der Waals surface area contributed by atoms with Gasteiger partial charge in [0.2, 0.25) is 0 Å². The van der Waals surface area contributed by atoms with Crippen molar-refractivity contribution >= 4 is 0 Å². The van der Waals surface area contributed by atoms with Crippen molar-refractivity contribution in [2.75, 3.05) is 26.2 Å². The van der Waals surface area contributed by atoms with E-state index in [2.05, 4.69) is 30.0 Å². The normalized spacial score (nSPS) is 24.2. The van der Waals surface area contributed by atoms with Crippen LogP contribution in [0.15, 0.2) is 18.2 Å². The molecule has 2 unspecified atom stereocenters. The Hall–Kier alpha value is -1.06. The van der Waals surface area contributed by atoms with E-state index in [-0.39, 0.29) is 0 Å². The number of rotatable bonds is 4. The quantitative estimate of drug-likeness (QED) is 0.897. The van der Waals surface area contributed by atoms with Crippen LogP contribution < -0.4 is 10.5 Å². The molecule has 2 N–H and O–H groups in total. The molecule has 0 aromatic heterocycles. The zero-order valence-electron chi connectivity index (χ0n) is 11.8. The minimum atomic E-state index is 0.335. The number of nitrogens with zero attached hydrogens (tertiary/aromatic N) is 1. The van der Waals surface area contributed by atoms with Crippen molar-refractivity contribution in [1.82, 2.24) is 4.90 Å². The van der Waals surface area contributed by atoms with Crippen LogP contribution in [0.2, 0.25) is 0 Å². The molecule has 3 nitrogen and oxygen atoms in total. The molecule has 0 radical (unpaired) electrons. The summed E-state index contributed by atoms with van der Waals surface area (Å²) in [5.74, 6) is 1.77. The fourth-order valence-electron chi connectivity index (χ4n) is 3.18. The molecule has 1 aromatic carbocycles. The Morgan fingerprint density at radius 2 is 2.37 bits per heavy atom. The monoisotopic (exact) mass is 260 g/mol. The van der Waals surface area contributed by atoms with E-state index in [0.717, 1.165) is 31.7 Å². The first kappa shape index (κ1) is 12.9. The highest BCUT2D eigenvalue weighted by molar-refractivity contribution is 5.39. The van der Waals surface area contributed by atoms with Crippen molar-refractivity contribution in [1.29, 1.82) is 0 Å². The van der Waals surface area contributed by atoms with Gasteiger partial charge in [-0.2, -0.15) is 0 Å². The third kappa shape index (κ3) is 2.93. The average molecular weight is 260 g/mol.